The summed E-state index contributed by atoms with van der Waals surface area (Å²) < 4.78 is 0. The van der Waals surface area contributed by atoms with Crippen LogP contribution in [0.2, 0.25) is 0 Å². The van der Waals surface area contributed by atoms with Crippen molar-refractivity contribution in [3.63, 3.8) is 0 Å². The second-order valence-electron chi connectivity index (χ2n) is 5.57. The molecule has 2 aliphatic rings. The molecule has 0 unspecified atom stereocenters. The number of rotatable bonds is 0. The van der Waals surface area contributed by atoms with Crippen LogP contribution in [0.1, 0.15) is 23.1 Å². The molecule has 3 aromatic carbocycles. The van der Waals surface area contributed by atoms with Crippen molar-refractivity contribution >= 4 is 27.6 Å². The Morgan fingerprint density at radius 3 is 2.68 bits per heavy atom. The molecule has 0 fully saturated rings. The molecule has 0 saturated carbocycles. The summed E-state index contributed by atoms with van der Waals surface area (Å²) in [5.74, 6) is 1.52. The highest BCUT2D eigenvalue weighted by atomic mass is 14.3. The monoisotopic (exact) mass is 241 g/mol. The second kappa shape index (κ2) is 3.21. The molecule has 0 aliphatic heterocycles. The van der Waals surface area contributed by atoms with E-state index < -0.39 is 0 Å². The Morgan fingerprint density at radius 1 is 0.895 bits per heavy atom. The first kappa shape index (κ1) is 9.69. The van der Waals surface area contributed by atoms with Gasteiger partial charge < -0.3 is 0 Å². The molecule has 0 saturated heterocycles. The van der Waals surface area contributed by atoms with E-state index in [4.69, 9.17) is 0 Å². The molecule has 0 aromatic heterocycles. The smallest absolute Gasteiger partial charge is 0.0596 e. The lowest BCUT2D eigenvalue weighted by molar-refractivity contribution is 0.884. The fourth-order valence-corrected chi connectivity index (χ4v) is 3.76. The molecule has 19 heavy (non-hydrogen) atoms. The lowest BCUT2D eigenvalue weighted by Crippen LogP contribution is -2.10. The minimum absolute atomic E-state index is 1.18. The number of hydrogen-bond donors (Lipinski definition) is 0. The largest absolute Gasteiger partial charge is 0.116 e. The predicted molar refractivity (Wildman–Crippen MR) is 81.2 cm³/mol. The van der Waals surface area contributed by atoms with Gasteiger partial charge in [0.2, 0.25) is 0 Å². The third-order valence-electron chi connectivity index (χ3n) is 4.57. The lowest BCUT2D eigenvalue weighted by Gasteiger charge is -2.22. The molecule has 5 rings (SSSR count). The topological polar surface area (TPSA) is 0 Å². The van der Waals surface area contributed by atoms with Crippen molar-refractivity contribution in [1.82, 2.24) is 0 Å². The molecule has 0 nitrogen and oxygen atoms in total. The van der Waals surface area contributed by atoms with E-state index in [0.29, 0.717) is 0 Å². The minimum atomic E-state index is 1.18. The van der Waals surface area contributed by atoms with Crippen molar-refractivity contribution in [2.45, 2.75) is 12.8 Å². The van der Waals surface area contributed by atoms with Gasteiger partial charge in [-0.05, 0) is 36.8 Å². The van der Waals surface area contributed by atoms with Gasteiger partial charge in [0, 0.05) is 40.8 Å². The van der Waals surface area contributed by atoms with Crippen molar-refractivity contribution in [3.8, 4) is 0 Å². The zero-order valence-electron chi connectivity index (χ0n) is 10.6. The Hall–Kier alpha value is -2.21. The third kappa shape index (κ3) is 1.12. The fraction of sp³-hybridized carbons (Fsp3) is 0.105. The minimum Gasteiger partial charge on any atom is -0.0596 e. The molecule has 2 aliphatic carbocycles. The molecule has 0 heterocycles. The normalized spacial score (nSPS) is 15.7. The quantitative estimate of drug-likeness (QED) is 0.388. The van der Waals surface area contributed by atoms with Crippen molar-refractivity contribution in [2.24, 2.45) is 0 Å². The molecular formula is C19H13+. The van der Waals surface area contributed by atoms with Crippen LogP contribution in [0.25, 0.3) is 27.6 Å². The van der Waals surface area contributed by atoms with Crippen molar-refractivity contribution in [2.75, 3.05) is 0 Å². The zero-order valence-corrected chi connectivity index (χ0v) is 10.6. The van der Waals surface area contributed by atoms with Crippen LogP contribution in [0.4, 0.5) is 0 Å². The highest BCUT2D eigenvalue weighted by Crippen LogP contribution is 2.45. The first-order valence-corrected chi connectivity index (χ1v) is 6.93. The molecule has 0 amide bonds. The summed E-state index contributed by atoms with van der Waals surface area (Å²) in [5.41, 5.74) is 4.39. The van der Waals surface area contributed by atoms with Gasteiger partial charge in [0.15, 0.2) is 0 Å². The van der Waals surface area contributed by atoms with Crippen molar-refractivity contribution < 1.29 is 0 Å². The molecule has 3 aromatic rings. The van der Waals surface area contributed by atoms with Crippen LogP contribution in [0, 0.1) is 5.92 Å². The van der Waals surface area contributed by atoms with E-state index in [1.165, 1.54) is 57.0 Å². The summed E-state index contributed by atoms with van der Waals surface area (Å²) in [5, 5.41) is 5.72. The Kier molecular flexibility index (Phi) is 1.64. The summed E-state index contributed by atoms with van der Waals surface area (Å²) in [7, 11) is 0. The van der Waals surface area contributed by atoms with Crippen LogP contribution in [-0.4, -0.2) is 0 Å². The number of benzene rings is 3. The van der Waals surface area contributed by atoms with Gasteiger partial charge in [0.1, 0.15) is 5.56 Å². The van der Waals surface area contributed by atoms with E-state index in [0.717, 1.165) is 0 Å². The van der Waals surface area contributed by atoms with Crippen molar-refractivity contribution in [1.29, 1.82) is 0 Å². The zero-order chi connectivity index (χ0) is 12.4. The summed E-state index contributed by atoms with van der Waals surface area (Å²) in [4.78, 5) is 0. The second-order valence-corrected chi connectivity index (χ2v) is 5.57. The van der Waals surface area contributed by atoms with Gasteiger partial charge in [-0.15, -0.1) is 0 Å². The van der Waals surface area contributed by atoms with Gasteiger partial charge in [-0.25, -0.2) is 0 Å². The van der Waals surface area contributed by atoms with E-state index in [2.05, 4.69) is 54.6 Å². The molecule has 0 atom stereocenters. The van der Waals surface area contributed by atoms with Crippen LogP contribution >= 0.6 is 0 Å². The number of allylic oxidation sites excluding steroid dienone is 1. The van der Waals surface area contributed by atoms with Gasteiger partial charge in [-0.2, -0.15) is 0 Å². The molecule has 0 bridgehead atoms. The highest BCUT2D eigenvalue weighted by Gasteiger charge is 2.32. The first-order chi connectivity index (χ1) is 9.42. The Labute approximate surface area is 112 Å². The van der Waals surface area contributed by atoms with Gasteiger partial charge in [0.05, 0.1) is 16.3 Å². The summed E-state index contributed by atoms with van der Waals surface area (Å²) in [6.07, 6.45) is 6.96. The maximum absolute atomic E-state index is 2.35. The summed E-state index contributed by atoms with van der Waals surface area (Å²) >= 11 is 0. The summed E-state index contributed by atoms with van der Waals surface area (Å²) in [6, 6.07) is 15.7. The molecule has 0 radical (unpaired) electrons. The first-order valence-electron chi connectivity index (χ1n) is 6.93. The molecular weight excluding hydrogens is 228 g/mol. The van der Waals surface area contributed by atoms with Gasteiger partial charge >= 0.3 is 0 Å². The van der Waals surface area contributed by atoms with Gasteiger partial charge in [-0.1, -0.05) is 12.1 Å². The lowest BCUT2D eigenvalue weighted by atomic mass is 9.75. The molecule has 0 heteroatoms. The Morgan fingerprint density at radius 2 is 1.74 bits per heavy atom. The molecule has 0 spiro atoms. The maximum Gasteiger partial charge on any atom is 0.116 e. The van der Waals surface area contributed by atoms with Crippen LogP contribution < -0.4 is 0 Å². The molecule has 0 N–H and O–H groups in total. The highest BCUT2D eigenvalue weighted by molar-refractivity contribution is 6.10. The average Bonchev–Trinajstić information content (AvgIpc) is 2.47. The van der Waals surface area contributed by atoms with E-state index in [9.17, 15) is 0 Å². The Balaban J connectivity index is 2.14. The standard InChI is InChI=1S/C19H13/c1-3-12-7-9-14-10-8-13-4-2-6-16-11-15(5-1)17(12)19(14)18(13)16/h1-7,9,11H,8,10H2/q+1. The Bertz CT molecular complexity index is 868. The average molecular weight is 241 g/mol. The van der Waals surface area contributed by atoms with Gasteiger partial charge in [-0.3, -0.25) is 0 Å². The van der Waals surface area contributed by atoms with E-state index in [-0.39, 0.29) is 0 Å². The number of hydrogen-bond acceptors (Lipinski definition) is 0. The van der Waals surface area contributed by atoms with Gasteiger partial charge in [0.25, 0.3) is 0 Å². The van der Waals surface area contributed by atoms with Crippen LogP contribution in [0.15, 0.2) is 48.5 Å². The van der Waals surface area contributed by atoms with E-state index in [1.807, 2.05) is 0 Å². The van der Waals surface area contributed by atoms with Crippen molar-refractivity contribution in [3.05, 3.63) is 71.1 Å². The third-order valence-corrected chi connectivity index (χ3v) is 4.57. The van der Waals surface area contributed by atoms with Crippen LogP contribution in [0.3, 0.4) is 0 Å². The summed E-state index contributed by atoms with van der Waals surface area (Å²) in [6.45, 7) is 0. The fourth-order valence-electron chi connectivity index (χ4n) is 3.76. The van der Waals surface area contributed by atoms with Crippen LogP contribution in [0.5, 0.6) is 0 Å². The van der Waals surface area contributed by atoms with E-state index in [1.54, 1.807) is 0 Å². The molecule has 88 valence electrons. The number of aryl methyl sites for hydroxylation is 1. The van der Waals surface area contributed by atoms with Crippen LogP contribution in [-0.2, 0) is 6.42 Å². The SMILES string of the molecule is C1=C[C+]2CCc3cccc4cc5cccc1c5c2c34. The van der Waals surface area contributed by atoms with E-state index >= 15 is 0 Å². The predicted octanol–water partition coefficient (Wildman–Crippen LogP) is 4.89. The maximum atomic E-state index is 2.35.